The van der Waals surface area contributed by atoms with Gasteiger partial charge in [0.2, 0.25) is 17.7 Å². The van der Waals surface area contributed by atoms with Crippen LogP contribution in [0, 0.1) is 12.8 Å². The predicted molar refractivity (Wildman–Crippen MR) is 100 cm³/mol. The van der Waals surface area contributed by atoms with E-state index in [0.29, 0.717) is 11.7 Å². The van der Waals surface area contributed by atoms with Gasteiger partial charge in [0.1, 0.15) is 0 Å². The van der Waals surface area contributed by atoms with Crippen molar-refractivity contribution in [3.63, 3.8) is 0 Å². The predicted octanol–water partition coefficient (Wildman–Crippen LogP) is 1.95. The summed E-state index contributed by atoms with van der Waals surface area (Å²) in [4.78, 5) is 42.1. The van der Waals surface area contributed by atoms with Crippen LogP contribution in [0.4, 0.5) is 10.8 Å². The Morgan fingerprint density at radius 3 is 2.77 bits per heavy atom. The van der Waals surface area contributed by atoms with Gasteiger partial charge in [0.05, 0.1) is 11.6 Å². The molecule has 1 aromatic heterocycles. The molecule has 0 aliphatic carbocycles. The summed E-state index contributed by atoms with van der Waals surface area (Å²) in [6.45, 7) is 2.44. The second-order valence-electron chi connectivity index (χ2n) is 6.12. The van der Waals surface area contributed by atoms with Crippen LogP contribution in [0.2, 0.25) is 0 Å². The molecule has 8 heteroatoms. The second-order valence-corrected chi connectivity index (χ2v) is 6.98. The Hall–Kier alpha value is -2.74. The number of aromatic nitrogens is 1. The number of nitrogens with one attached hydrogen (secondary N) is 2. The van der Waals surface area contributed by atoms with E-state index < -0.39 is 5.92 Å². The first-order chi connectivity index (χ1) is 12.5. The third-order valence-corrected chi connectivity index (χ3v) is 4.96. The Balaban J connectivity index is 1.44. The minimum atomic E-state index is -0.396. The number of hydrogen-bond donors (Lipinski definition) is 2. The largest absolute Gasteiger partial charge is 0.355 e. The van der Waals surface area contributed by atoms with E-state index in [1.54, 1.807) is 4.90 Å². The zero-order chi connectivity index (χ0) is 18.5. The molecule has 1 aliphatic heterocycles. The van der Waals surface area contributed by atoms with Crippen LogP contribution >= 0.6 is 11.3 Å². The lowest BCUT2D eigenvalue weighted by Crippen LogP contribution is -2.34. The number of nitrogens with zero attached hydrogens (tertiary/aromatic N) is 2. The number of carbonyl (C=O) groups is 3. The van der Waals surface area contributed by atoms with Crippen molar-refractivity contribution in [3.05, 3.63) is 41.4 Å². The zero-order valence-electron chi connectivity index (χ0n) is 14.4. The molecule has 0 saturated carbocycles. The second kappa shape index (κ2) is 8.09. The number of hydrogen-bond acceptors (Lipinski definition) is 5. The van der Waals surface area contributed by atoms with Crippen LogP contribution in [0.25, 0.3) is 0 Å². The van der Waals surface area contributed by atoms with E-state index in [9.17, 15) is 14.4 Å². The van der Waals surface area contributed by atoms with Gasteiger partial charge in [-0.15, -0.1) is 11.3 Å². The summed E-state index contributed by atoms with van der Waals surface area (Å²) in [6.07, 6.45) is 0.346. The van der Waals surface area contributed by atoms with E-state index in [0.717, 1.165) is 11.4 Å². The lowest BCUT2D eigenvalue weighted by Gasteiger charge is -2.16. The maximum absolute atomic E-state index is 12.3. The van der Waals surface area contributed by atoms with Crippen molar-refractivity contribution >= 4 is 39.9 Å². The summed E-state index contributed by atoms with van der Waals surface area (Å²) in [5, 5.41) is 7.85. The summed E-state index contributed by atoms with van der Waals surface area (Å²) in [5.74, 6) is -0.858. The Morgan fingerprint density at radius 1 is 1.31 bits per heavy atom. The number of anilines is 2. The fourth-order valence-electron chi connectivity index (χ4n) is 2.78. The molecule has 2 aromatic rings. The maximum Gasteiger partial charge on any atom is 0.227 e. The highest BCUT2D eigenvalue weighted by atomic mass is 32.1. The lowest BCUT2D eigenvalue weighted by atomic mass is 10.1. The van der Waals surface area contributed by atoms with Crippen molar-refractivity contribution < 1.29 is 14.4 Å². The summed E-state index contributed by atoms with van der Waals surface area (Å²) in [7, 11) is 0. The van der Waals surface area contributed by atoms with E-state index in [1.807, 2.05) is 42.6 Å². The smallest absolute Gasteiger partial charge is 0.227 e. The van der Waals surface area contributed by atoms with Gasteiger partial charge in [-0.3, -0.25) is 14.4 Å². The molecule has 26 heavy (non-hydrogen) atoms. The number of rotatable bonds is 6. The van der Waals surface area contributed by atoms with Gasteiger partial charge in [-0.2, -0.15) is 0 Å². The van der Waals surface area contributed by atoms with Gasteiger partial charge in [-0.05, 0) is 19.1 Å². The molecule has 3 rings (SSSR count). The Labute approximate surface area is 155 Å². The molecule has 0 spiro atoms. The highest BCUT2D eigenvalue weighted by molar-refractivity contribution is 7.13. The van der Waals surface area contributed by atoms with E-state index in [1.165, 1.54) is 11.3 Å². The van der Waals surface area contributed by atoms with E-state index in [4.69, 9.17) is 0 Å². The number of aryl methyl sites for hydroxylation is 1. The van der Waals surface area contributed by atoms with E-state index in [2.05, 4.69) is 15.6 Å². The third kappa shape index (κ3) is 4.45. The van der Waals surface area contributed by atoms with Crippen molar-refractivity contribution in [3.8, 4) is 0 Å². The molecule has 3 amide bonds. The van der Waals surface area contributed by atoms with Crippen molar-refractivity contribution in [2.24, 2.45) is 5.92 Å². The maximum atomic E-state index is 12.3. The van der Waals surface area contributed by atoms with Crippen LogP contribution < -0.4 is 15.5 Å². The van der Waals surface area contributed by atoms with Gasteiger partial charge >= 0.3 is 0 Å². The van der Waals surface area contributed by atoms with Crippen LogP contribution in [0.1, 0.15) is 18.5 Å². The summed E-state index contributed by atoms with van der Waals surface area (Å²) < 4.78 is 0. The highest BCUT2D eigenvalue weighted by Gasteiger charge is 2.34. The first kappa shape index (κ1) is 18.1. The average molecular weight is 372 g/mol. The van der Waals surface area contributed by atoms with Gasteiger partial charge in [0, 0.05) is 37.0 Å². The van der Waals surface area contributed by atoms with Gasteiger partial charge < -0.3 is 15.5 Å². The van der Waals surface area contributed by atoms with Crippen LogP contribution in [0.5, 0.6) is 0 Å². The molecular formula is C18H20N4O3S. The molecule has 1 aromatic carbocycles. The molecular weight excluding hydrogens is 352 g/mol. The summed E-state index contributed by atoms with van der Waals surface area (Å²) in [6, 6.07) is 9.30. The van der Waals surface area contributed by atoms with Gasteiger partial charge in [-0.25, -0.2) is 4.98 Å². The van der Waals surface area contributed by atoms with Gasteiger partial charge in [0.25, 0.3) is 0 Å². The standard InChI is InChI=1S/C18H20N4O3S/c1-12-11-26-18(20-12)21-15(23)7-8-19-17(25)13-9-16(24)22(10-13)14-5-3-2-4-6-14/h2-6,11,13H,7-10H2,1H3,(H,19,25)(H,20,21,23)/t13-/m0/s1. The molecule has 0 unspecified atom stereocenters. The molecule has 2 heterocycles. The van der Waals surface area contributed by atoms with Gasteiger partial charge in [-0.1, -0.05) is 18.2 Å². The van der Waals surface area contributed by atoms with Crippen molar-refractivity contribution in [1.29, 1.82) is 0 Å². The monoisotopic (exact) mass is 372 g/mol. The summed E-state index contributed by atoms with van der Waals surface area (Å²) in [5.41, 5.74) is 1.65. The van der Waals surface area contributed by atoms with Crippen molar-refractivity contribution in [2.75, 3.05) is 23.3 Å². The number of thiazole rings is 1. The van der Waals surface area contributed by atoms with E-state index >= 15 is 0 Å². The Morgan fingerprint density at radius 2 is 2.08 bits per heavy atom. The van der Waals surface area contributed by atoms with Crippen molar-refractivity contribution in [2.45, 2.75) is 19.8 Å². The van der Waals surface area contributed by atoms with E-state index in [-0.39, 0.29) is 37.1 Å². The minimum absolute atomic E-state index is 0.0618. The first-order valence-corrected chi connectivity index (χ1v) is 9.26. The molecule has 1 saturated heterocycles. The van der Waals surface area contributed by atoms with Crippen molar-refractivity contribution in [1.82, 2.24) is 10.3 Å². The lowest BCUT2D eigenvalue weighted by molar-refractivity contribution is -0.126. The fraction of sp³-hybridized carbons (Fsp3) is 0.333. The molecule has 7 nitrogen and oxygen atoms in total. The Kier molecular flexibility index (Phi) is 5.62. The number of carbonyl (C=O) groups excluding carboxylic acids is 3. The summed E-state index contributed by atoms with van der Waals surface area (Å²) >= 11 is 1.36. The van der Waals surface area contributed by atoms with Crippen LogP contribution in [-0.2, 0) is 14.4 Å². The van der Waals surface area contributed by atoms with Crippen LogP contribution in [0.15, 0.2) is 35.7 Å². The first-order valence-electron chi connectivity index (χ1n) is 8.38. The quantitative estimate of drug-likeness (QED) is 0.811. The number of para-hydroxylation sites is 1. The number of amides is 3. The molecule has 1 fully saturated rings. The molecule has 136 valence electrons. The average Bonchev–Trinajstić information content (AvgIpc) is 3.21. The van der Waals surface area contributed by atoms with Crippen LogP contribution in [0.3, 0.4) is 0 Å². The van der Waals surface area contributed by atoms with Gasteiger partial charge in [0.15, 0.2) is 5.13 Å². The molecule has 0 radical (unpaired) electrons. The SMILES string of the molecule is Cc1csc(NC(=O)CCNC(=O)[C@H]2CC(=O)N(c3ccccc3)C2)n1. The Bertz CT molecular complexity index is 806. The third-order valence-electron chi connectivity index (χ3n) is 4.08. The van der Waals surface area contributed by atoms with Crippen LogP contribution in [-0.4, -0.2) is 35.8 Å². The zero-order valence-corrected chi connectivity index (χ0v) is 15.2. The normalized spacial score (nSPS) is 16.6. The molecule has 1 atom stereocenters. The minimum Gasteiger partial charge on any atom is -0.355 e. The molecule has 1 aliphatic rings. The fourth-order valence-corrected chi connectivity index (χ4v) is 3.48. The highest BCUT2D eigenvalue weighted by Crippen LogP contribution is 2.24. The topological polar surface area (TPSA) is 91.4 Å². The molecule has 2 N–H and O–H groups in total. The molecule has 0 bridgehead atoms. The number of benzene rings is 1.